The van der Waals surface area contributed by atoms with Gasteiger partial charge in [0.25, 0.3) is 0 Å². The summed E-state index contributed by atoms with van der Waals surface area (Å²) in [6.45, 7) is 3.95. The molecule has 34 heavy (non-hydrogen) atoms. The standard InChI is InChI=1S/C28H27NO5/c30-19-6-10-22-24(16-19)34-28-23-11-7-20(31)17-25(23)33-27(26(22)28)18-4-8-21(9-5-18)32-15-14-29-12-2-1-3-13-29/h4-11,16-17,27,30-31H,1-3,12-15H2/t27-/m1/s1. The maximum Gasteiger partial charge on any atom is 0.153 e. The zero-order chi connectivity index (χ0) is 23.1. The first-order valence-electron chi connectivity index (χ1n) is 11.9. The van der Waals surface area contributed by atoms with Crippen molar-refractivity contribution >= 4 is 11.0 Å². The second kappa shape index (κ2) is 8.61. The third-order valence-electron chi connectivity index (χ3n) is 6.74. The number of ether oxygens (including phenoxy) is 2. The lowest BCUT2D eigenvalue weighted by Gasteiger charge is -2.27. The van der Waals surface area contributed by atoms with Gasteiger partial charge in [-0.25, -0.2) is 0 Å². The Morgan fingerprint density at radius 2 is 1.65 bits per heavy atom. The first-order valence-corrected chi connectivity index (χ1v) is 11.9. The fourth-order valence-corrected chi connectivity index (χ4v) is 5.00. The molecule has 2 aliphatic heterocycles. The van der Waals surface area contributed by atoms with Gasteiger partial charge in [0.1, 0.15) is 40.9 Å². The average molecular weight is 458 g/mol. The maximum atomic E-state index is 10.0. The molecule has 4 aromatic rings. The summed E-state index contributed by atoms with van der Waals surface area (Å²) in [6.07, 6.45) is 3.47. The van der Waals surface area contributed by atoms with Gasteiger partial charge in [-0.2, -0.15) is 0 Å². The molecule has 1 atom stereocenters. The van der Waals surface area contributed by atoms with E-state index >= 15 is 0 Å². The van der Waals surface area contributed by atoms with Crippen molar-refractivity contribution in [2.24, 2.45) is 0 Å². The minimum absolute atomic E-state index is 0.132. The van der Waals surface area contributed by atoms with Crippen molar-refractivity contribution in [2.75, 3.05) is 26.2 Å². The van der Waals surface area contributed by atoms with Gasteiger partial charge in [-0.05, 0) is 67.9 Å². The van der Waals surface area contributed by atoms with Gasteiger partial charge in [0.2, 0.25) is 0 Å². The van der Waals surface area contributed by atoms with E-state index in [4.69, 9.17) is 13.9 Å². The van der Waals surface area contributed by atoms with E-state index < -0.39 is 6.10 Å². The fraction of sp³-hybridized carbons (Fsp3) is 0.286. The zero-order valence-corrected chi connectivity index (χ0v) is 18.9. The summed E-state index contributed by atoms with van der Waals surface area (Å²) in [5.41, 5.74) is 3.23. The van der Waals surface area contributed by atoms with Crippen LogP contribution in [0.15, 0.2) is 65.1 Å². The molecule has 0 radical (unpaired) electrons. The van der Waals surface area contributed by atoms with Crippen LogP contribution in [0.1, 0.15) is 36.5 Å². The lowest BCUT2D eigenvalue weighted by Crippen LogP contribution is -2.33. The average Bonchev–Trinajstić information content (AvgIpc) is 3.23. The van der Waals surface area contributed by atoms with E-state index in [1.54, 1.807) is 30.3 Å². The number of furan rings is 1. The molecule has 3 aromatic carbocycles. The maximum absolute atomic E-state index is 10.0. The zero-order valence-electron chi connectivity index (χ0n) is 18.9. The van der Waals surface area contributed by atoms with Gasteiger partial charge in [0.15, 0.2) is 6.10 Å². The molecule has 6 nitrogen and oxygen atoms in total. The number of hydrogen-bond donors (Lipinski definition) is 2. The first kappa shape index (κ1) is 20.9. The Morgan fingerprint density at radius 3 is 2.47 bits per heavy atom. The number of hydrogen-bond acceptors (Lipinski definition) is 6. The molecule has 1 aromatic heterocycles. The lowest BCUT2D eigenvalue weighted by atomic mass is 9.93. The summed E-state index contributed by atoms with van der Waals surface area (Å²) in [4.78, 5) is 2.46. The van der Waals surface area contributed by atoms with Gasteiger partial charge >= 0.3 is 0 Å². The molecule has 0 aliphatic carbocycles. The molecular formula is C28H27NO5. The SMILES string of the molecule is Oc1ccc2c(c1)O[C@H](c1ccc(OCCN3CCCCC3)cc1)c1c-2oc2cc(O)ccc12. The van der Waals surface area contributed by atoms with Crippen LogP contribution in [0.2, 0.25) is 0 Å². The van der Waals surface area contributed by atoms with Crippen LogP contribution in [0, 0.1) is 0 Å². The highest BCUT2D eigenvalue weighted by Crippen LogP contribution is 2.50. The van der Waals surface area contributed by atoms with E-state index in [-0.39, 0.29) is 11.5 Å². The quantitative estimate of drug-likeness (QED) is 0.391. The normalized spacial score (nSPS) is 17.7. The Balaban J connectivity index is 1.29. The van der Waals surface area contributed by atoms with E-state index in [1.165, 1.54) is 19.3 Å². The van der Waals surface area contributed by atoms with Crippen LogP contribution in [0.3, 0.4) is 0 Å². The molecule has 2 N–H and O–H groups in total. The summed E-state index contributed by atoms with van der Waals surface area (Å²) in [5.74, 6) is 2.35. The molecule has 0 spiro atoms. The second-order valence-electron chi connectivity index (χ2n) is 9.02. The number of nitrogens with zero attached hydrogens (tertiary/aromatic N) is 1. The van der Waals surface area contributed by atoms with Crippen molar-refractivity contribution in [2.45, 2.75) is 25.4 Å². The Labute approximate surface area is 198 Å². The van der Waals surface area contributed by atoms with Crippen molar-refractivity contribution in [1.82, 2.24) is 4.90 Å². The number of likely N-dealkylation sites (tertiary alicyclic amines) is 1. The summed E-state index contributed by atoms with van der Waals surface area (Å²) in [5, 5.41) is 20.9. The van der Waals surface area contributed by atoms with E-state index in [0.717, 1.165) is 47.5 Å². The number of fused-ring (bicyclic) bond motifs is 5. The van der Waals surface area contributed by atoms with Crippen molar-refractivity contribution in [1.29, 1.82) is 0 Å². The van der Waals surface area contributed by atoms with Crippen LogP contribution in [-0.2, 0) is 0 Å². The van der Waals surface area contributed by atoms with Gasteiger partial charge < -0.3 is 24.1 Å². The van der Waals surface area contributed by atoms with E-state index in [0.29, 0.717) is 23.7 Å². The topological polar surface area (TPSA) is 75.3 Å². The van der Waals surface area contributed by atoms with Gasteiger partial charge in [-0.3, -0.25) is 4.90 Å². The Hall–Kier alpha value is -3.64. The first-order chi connectivity index (χ1) is 16.7. The summed E-state index contributed by atoms with van der Waals surface area (Å²) in [7, 11) is 0. The van der Waals surface area contributed by atoms with Crippen LogP contribution < -0.4 is 9.47 Å². The minimum atomic E-state index is -0.419. The van der Waals surface area contributed by atoms with E-state index in [1.807, 2.05) is 30.3 Å². The molecule has 2 aliphatic rings. The van der Waals surface area contributed by atoms with Crippen LogP contribution in [0.4, 0.5) is 0 Å². The predicted molar refractivity (Wildman–Crippen MR) is 130 cm³/mol. The Morgan fingerprint density at radius 1 is 0.882 bits per heavy atom. The van der Waals surface area contributed by atoms with E-state index in [2.05, 4.69) is 4.90 Å². The molecule has 0 unspecified atom stereocenters. The van der Waals surface area contributed by atoms with Crippen LogP contribution >= 0.6 is 0 Å². The highest BCUT2D eigenvalue weighted by atomic mass is 16.5. The highest BCUT2D eigenvalue weighted by molar-refractivity contribution is 5.92. The number of phenols is 2. The summed E-state index contributed by atoms with van der Waals surface area (Å²) < 4.78 is 18.6. The Bertz CT molecular complexity index is 1320. The largest absolute Gasteiger partial charge is 0.508 e. The molecule has 174 valence electrons. The molecular weight excluding hydrogens is 430 g/mol. The van der Waals surface area contributed by atoms with Gasteiger partial charge in [-0.1, -0.05) is 18.6 Å². The third kappa shape index (κ3) is 3.84. The summed E-state index contributed by atoms with van der Waals surface area (Å²) >= 11 is 0. The number of rotatable bonds is 5. The fourth-order valence-electron chi connectivity index (χ4n) is 5.00. The van der Waals surface area contributed by atoms with Crippen molar-refractivity contribution in [3.8, 4) is 34.3 Å². The summed E-state index contributed by atoms with van der Waals surface area (Å²) in [6, 6.07) is 18.1. The smallest absolute Gasteiger partial charge is 0.153 e. The molecule has 0 amide bonds. The molecule has 6 heteroatoms. The molecule has 1 saturated heterocycles. The monoisotopic (exact) mass is 457 g/mol. The molecule has 0 saturated carbocycles. The lowest BCUT2D eigenvalue weighted by molar-refractivity contribution is 0.183. The minimum Gasteiger partial charge on any atom is -0.508 e. The number of phenolic OH excluding ortho intramolecular Hbond substituents is 2. The predicted octanol–water partition coefficient (Wildman–Crippen LogP) is 5.86. The van der Waals surface area contributed by atoms with Crippen LogP contribution in [0.25, 0.3) is 22.3 Å². The Kier molecular flexibility index (Phi) is 5.30. The van der Waals surface area contributed by atoms with Crippen molar-refractivity contribution in [3.63, 3.8) is 0 Å². The van der Waals surface area contributed by atoms with E-state index in [9.17, 15) is 10.2 Å². The number of piperidine rings is 1. The third-order valence-corrected chi connectivity index (χ3v) is 6.74. The van der Waals surface area contributed by atoms with Crippen molar-refractivity contribution in [3.05, 3.63) is 71.8 Å². The second-order valence-corrected chi connectivity index (χ2v) is 9.02. The highest BCUT2D eigenvalue weighted by Gasteiger charge is 2.33. The molecule has 1 fully saturated rings. The van der Waals surface area contributed by atoms with Crippen LogP contribution in [-0.4, -0.2) is 41.4 Å². The number of aromatic hydroxyl groups is 2. The van der Waals surface area contributed by atoms with Gasteiger partial charge in [-0.15, -0.1) is 0 Å². The number of benzene rings is 3. The van der Waals surface area contributed by atoms with Crippen molar-refractivity contribution < 1.29 is 24.1 Å². The van der Waals surface area contributed by atoms with Gasteiger partial charge in [0, 0.05) is 24.1 Å². The van der Waals surface area contributed by atoms with Gasteiger partial charge in [0.05, 0.1) is 11.1 Å². The molecule has 6 rings (SSSR count). The molecule has 0 bridgehead atoms. The van der Waals surface area contributed by atoms with Crippen LogP contribution in [0.5, 0.6) is 23.0 Å². The molecule has 3 heterocycles.